The van der Waals surface area contributed by atoms with Crippen LogP contribution in [0.5, 0.6) is 0 Å². The van der Waals surface area contributed by atoms with E-state index in [1.165, 1.54) is 6.92 Å². The molecule has 0 aromatic rings. The van der Waals surface area contributed by atoms with Crippen molar-refractivity contribution in [3.05, 3.63) is 0 Å². The zero-order chi connectivity index (χ0) is 14.4. The monoisotopic (exact) mass is 350 g/mol. The fourth-order valence-electron chi connectivity index (χ4n) is 2.72. The van der Waals surface area contributed by atoms with Crippen molar-refractivity contribution in [1.29, 1.82) is 0 Å². The molecule has 0 amide bonds. The molecule has 0 aromatic heterocycles. The van der Waals surface area contributed by atoms with Crippen molar-refractivity contribution in [3.63, 3.8) is 0 Å². The van der Waals surface area contributed by atoms with E-state index in [1.807, 2.05) is 6.92 Å². The normalized spacial score (nSPS) is 25.6. The number of hydrogen-bond acceptors (Lipinski definition) is 3. The van der Waals surface area contributed by atoms with Crippen molar-refractivity contribution in [2.75, 3.05) is 0 Å². The SMILES string of the molecule is CC1CCC(C(C)C(O)(P(=O)(O)O)P(=O)(O)O)C1.[NaH].[NaH]. The molecule has 1 aliphatic rings. The molecule has 7 nitrogen and oxygen atoms in total. The van der Waals surface area contributed by atoms with Gasteiger partial charge in [0.1, 0.15) is 0 Å². The van der Waals surface area contributed by atoms with Gasteiger partial charge in [-0.15, -0.1) is 0 Å². The van der Waals surface area contributed by atoms with E-state index in [-0.39, 0.29) is 65.0 Å². The van der Waals surface area contributed by atoms with Crippen molar-refractivity contribution in [3.8, 4) is 0 Å². The standard InChI is InChI=1S/C9H20O7P2.2Na.2H/c1-6-3-4-8(5-6)7(2)9(10,17(11,12)13)18(14,15)16;;;;/h6-8,10H,3-5H2,1-2H3,(H2,11,12,13)(H2,14,15,16);;;;. The van der Waals surface area contributed by atoms with Crippen molar-refractivity contribution in [1.82, 2.24) is 0 Å². The summed E-state index contributed by atoms with van der Waals surface area (Å²) < 4.78 is 22.7. The molecule has 112 valence electrons. The van der Waals surface area contributed by atoms with E-state index in [0.717, 1.165) is 6.42 Å². The van der Waals surface area contributed by atoms with E-state index < -0.39 is 26.2 Å². The third kappa shape index (κ3) is 4.88. The Balaban J connectivity index is 0. The van der Waals surface area contributed by atoms with Crippen LogP contribution in [-0.4, -0.2) is 88.9 Å². The van der Waals surface area contributed by atoms with Crippen LogP contribution in [0.3, 0.4) is 0 Å². The molecule has 1 saturated carbocycles. The summed E-state index contributed by atoms with van der Waals surface area (Å²) in [5.41, 5.74) is 0. The Kier molecular flexibility index (Phi) is 10.3. The van der Waals surface area contributed by atoms with Gasteiger partial charge in [0, 0.05) is 5.92 Å². The average Bonchev–Trinajstić information content (AvgIpc) is 2.58. The van der Waals surface area contributed by atoms with Crippen LogP contribution in [0.1, 0.15) is 33.1 Å². The Morgan fingerprint density at radius 2 is 1.45 bits per heavy atom. The molecule has 3 atom stereocenters. The summed E-state index contributed by atoms with van der Waals surface area (Å²) in [5, 5.41) is 6.69. The molecular formula is C9H22Na2O7P2. The molecule has 11 heteroatoms. The van der Waals surface area contributed by atoms with E-state index in [9.17, 15) is 14.2 Å². The van der Waals surface area contributed by atoms with Gasteiger partial charge in [-0.25, -0.2) is 0 Å². The predicted octanol–water partition coefficient (Wildman–Crippen LogP) is -0.237. The van der Waals surface area contributed by atoms with Crippen molar-refractivity contribution < 1.29 is 33.8 Å². The average molecular weight is 350 g/mol. The molecule has 1 fully saturated rings. The first-order chi connectivity index (χ1) is 7.91. The second-order valence-corrected chi connectivity index (χ2v) is 9.13. The molecule has 3 unspecified atom stereocenters. The van der Waals surface area contributed by atoms with E-state index in [2.05, 4.69) is 0 Å². The van der Waals surface area contributed by atoms with Crippen LogP contribution in [0.2, 0.25) is 0 Å². The number of aliphatic hydroxyl groups is 1. The fraction of sp³-hybridized carbons (Fsp3) is 1.00. The third-order valence-corrected chi connectivity index (χ3v) is 8.00. The van der Waals surface area contributed by atoms with Gasteiger partial charge in [0.05, 0.1) is 0 Å². The summed E-state index contributed by atoms with van der Waals surface area (Å²) in [6, 6.07) is 0. The van der Waals surface area contributed by atoms with Crippen LogP contribution in [0.15, 0.2) is 0 Å². The number of hydrogen-bond donors (Lipinski definition) is 5. The van der Waals surface area contributed by atoms with E-state index in [4.69, 9.17) is 19.6 Å². The predicted molar refractivity (Wildman–Crippen MR) is 79.0 cm³/mol. The maximum absolute atomic E-state index is 11.3. The van der Waals surface area contributed by atoms with Gasteiger partial charge in [-0.05, 0) is 24.7 Å². The van der Waals surface area contributed by atoms with E-state index in [1.54, 1.807) is 0 Å². The van der Waals surface area contributed by atoms with Crippen LogP contribution >= 0.6 is 15.2 Å². The molecule has 1 rings (SSSR count). The van der Waals surface area contributed by atoms with Crippen molar-refractivity contribution in [2.24, 2.45) is 17.8 Å². The summed E-state index contributed by atoms with van der Waals surface area (Å²) in [5.74, 6) is -1.13. The molecule has 0 heterocycles. The van der Waals surface area contributed by atoms with Crippen molar-refractivity contribution in [2.45, 2.75) is 38.2 Å². The van der Waals surface area contributed by atoms with E-state index in [0.29, 0.717) is 18.8 Å². The van der Waals surface area contributed by atoms with Crippen LogP contribution in [0.25, 0.3) is 0 Å². The Hall–Kier alpha value is 2.26. The second kappa shape index (κ2) is 8.39. The third-order valence-electron chi connectivity index (χ3n) is 3.91. The van der Waals surface area contributed by atoms with Crippen LogP contribution < -0.4 is 0 Å². The Labute approximate surface area is 162 Å². The topological polar surface area (TPSA) is 135 Å². The first-order valence-electron chi connectivity index (χ1n) is 5.75. The molecule has 1 aliphatic carbocycles. The van der Waals surface area contributed by atoms with E-state index >= 15 is 0 Å². The van der Waals surface area contributed by atoms with Crippen LogP contribution in [0.4, 0.5) is 0 Å². The second-order valence-electron chi connectivity index (χ2n) is 5.24. The van der Waals surface area contributed by atoms with Crippen molar-refractivity contribution >= 4 is 74.3 Å². The molecule has 0 bridgehead atoms. The van der Waals surface area contributed by atoms with Gasteiger partial charge >= 0.3 is 74.3 Å². The fourth-order valence-corrected chi connectivity index (χ4v) is 5.56. The number of rotatable bonds is 4. The zero-order valence-corrected chi connectivity index (χ0v) is 12.1. The summed E-state index contributed by atoms with van der Waals surface area (Å²) in [6.45, 7) is 3.25. The van der Waals surface area contributed by atoms with Gasteiger partial charge in [-0.2, -0.15) is 0 Å². The minimum absolute atomic E-state index is 0. The quantitative estimate of drug-likeness (QED) is 0.349. The summed E-state index contributed by atoms with van der Waals surface area (Å²) in [6.07, 6.45) is 2.03. The maximum atomic E-state index is 11.3. The summed E-state index contributed by atoms with van der Waals surface area (Å²) >= 11 is 0. The minimum atomic E-state index is -5.35. The van der Waals surface area contributed by atoms with Gasteiger partial charge in [0.25, 0.3) is 5.08 Å². The molecule has 20 heavy (non-hydrogen) atoms. The molecule has 5 N–H and O–H groups in total. The first-order valence-corrected chi connectivity index (χ1v) is 8.97. The molecule has 0 aliphatic heterocycles. The summed E-state index contributed by atoms with van der Waals surface area (Å²) in [4.78, 5) is 36.6. The molecule has 0 radical (unpaired) electrons. The molecule has 0 aromatic carbocycles. The van der Waals surface area contributed by atoms with Gasteiger partial charge < -0.3 is 24.7 Å². The van der Waals surface area contributed by atoms with Gasteiger partial charge in [0.15, 0.2) is 0 Å². The Bertz CT molecular complexity index is 385. The molecule has 0 saturated heterocycles. The van der Waals surface area contributed by atoms with Gasteiger partial charge in [-0.3, -0.25) is 9.13 Å². The Morgan fingerprint density at radius 1 is 1.05 bits per heavy atom. The van der Waals surface area contributed by atoms with Gasteiger partial charge in [0.2, 0.25) is 0 Å². The van der Waals surface area contributed by atoms with Crippen LogP contribution in [0, 0.1) is 17.8 Å². The Morgan fingerprint density at radius 3 is 1.70 bits per heavy atom. The molecule has 0 spiro atoms. The zero-order valence-electron chi connectivity index (χ0n) is 10.3. The summed E-state index contributed by atoms with van der Waals surface area (Å²) in [7, 11) is -10.7. The molecular weight excluding hydrogens is 328 g/mol. The van der Waals surface area contributed by atoms with Gasteiger partial charge in [-0.1, -0.05) is 20.3 Å². The first kappa shape index (κ1) is 24.5. The van der Waals surface area contributed by atoms with Crippen LogP contribution in [-0.2, 0) is 9.13 Å².